The molecule has 2 unspecified atom stereocenters. The standard InChI is InChI=1S/C12H14OS/c1-2-6-11-9(4-1)10-5-3-7-14-12(10)8-13-11/h1-2,4,6,11-12H,3,5,7-8H2. The van der Waals surface area contributed by atoms with Crippen LogP contribution in [0, 0.1) is 0 Å². The van der Waals surface area contributed by atoms with Crippen LogP contribution in [-0.2, 0) is 4.74 Å². The third-order valence-electron chi connectivity index (χ3n) is 3.08. The molecule has 3 aliphatic rings. The van der Waals surface area contributed by atoms with Crippen LogP contribution in [0.25, 0.3) is 0 Å². The van der Waals surface area contributed by atoms with E-state index in [-0.39, 0.29) is 6.10 Å². The van der Waals surface area contributed by atoms with Gasteiger partial charge in [0.05, 0.1) is 6.61 Å². The lowest BCUT2D eigenvalue weighted by Crippen LogP contribution is -2.32. The van der Waals surface area contributed by atoms with Gasteiger partial charge in [-0.05, 0) is 29.7 Å². The van der Waals surface area contributed by atoms with Gasteiger partial charge in [0.1, 0.15) is 6.10 Å². The summed E-state index contributed by atoms with van der Waals surface area (Å²) in [7, 11) is 0. The van der Waals surface area contributed by atoms with E-state index in [1.807, 2.05) is 0 Å². The molecule has 2 aliphatic heterocycles. The molecule has 0 aromatic heterocycles. The van der Waals surface area contributed by atoms with Gasteiger partial charge in [-0.1, -0.05) is 24.3 Å². The summed E-state index contributed by atoms with van der Waals surface area (Å²) < 4.78 is 5.83. The first-order valence-corrected chi connectivity index (χ1v) is 6.31. The maximum Gasteiger partial charge on any atom is 0.101 e. The second-order valence-corrected chi connectivity index (χ2v) is 5.25. The first-order valence-electron chi connectivity index (χ1n) is 5.26. The van der Waals surface area contributed by atoms with Crippen molar-refractivity contribution in [1.29, 1.82) is 0 Å². The fraction of sp³-hybridized carbons (Fsp3) is 0.500. The van der Waals surface area contributed by atoms with Crippen molar-refractivity contribution in [2.45, 2.75) is 24.2 Å². The zero-order valence-corrected chi connectivity index (χ0v) is 8.93. The first kappa shape index (κ1) is 8.81. The summed E-state index contributed by atoms with van der Waals surface area (Å²) in [5.41, 5.74) is 3.09. The molecule has 14 heavy (non-hydrogen) atoms. The highest BCUT2D eigenvalue weighted by atomic mass is 32.2. The molecule has 2 atom stereocenters. The van der Waals surface area contributed by atoms with Crippen LogP contribution >= 0.6 is 11.8 Å². The van der Waals surface area contributed by atoms with Gasteiger partial charge in [-0.3, -0.25) is 0 Å². The Morgan fingerprint density at radius 2 is 2.36 bits per heavy atom. The van der Waals surface area contributed by atoms with Crippen LogP contribution in [0.4, 0.5) is 0 Å². The molecule has 1 nitrogen and oxygen atoms in total. The average molecular weight is 206 g/mol. The second kappa shape index (κ2) is 3.59. The lowest BCUT2D eigenvalue weighted by Gasteiger charge is -2.35. The van der Waals surface area contributed by atoms with Gasteiger partial charge in [0.15, 0.2) is 0 Å². The number of fused-ring (bicyclic) bond motifs is 2. The lowest BCUT2D eigenvalue weighted by atomic mass is 9.91. The Balaban J connectivity index is 2.00. The molecule has 0 N–H and O–H groups in total. The van der Waals surface area contributed by atoms with Crippen molar-refractivity contribution in [1.82, 2.24) is 0 Å². The Bertz CT molecular complexity index is 327. The number of hydrogen-bond acceptors (Lipinski definition) is 2. The Kier molecular flexibility index (Phi) is 2.26. The van der Waals surface area contributed by atoms with E-state index in [2.05, 4.69) is 36.1 Å². The molecule has 0 aromatic carbocycles. The lowest BCUT2D eigenvalue weighted by molar-refractivity contribution is 0.101. The van der Waals surface area contributed by atoms with Crippen LogP contribution in [0.3, 0.4) is 0 Å². The molecule has 2 heterocycles. The number of hydrogen-bond donors (Lipinski definition) is 0. The SMILES string of the molecule is C1=CC2=C3CCCSC3COC2C=C1. The van der Waals surface area contributed by atoms with Crippen LogP contribution < -0.4 is 0 Å². The Hall–Kier alpha value is -0.470. The molecule has 0 amide bonds. The van der Waals surface area contributed by atoms with Crippen molar-refractivity contribution in [3.63, 3.8) is 0 Å². The summed E-state index contributed by atoms with van der Waals surface area (Å²) >= 11 is 2.06. The van der Waals surface area contributed by atoms with Gasteiger partial charge in [-0.2, -0.15) is 11.8 Å². The van der Waals surface area contributed by atoms with Crippen LogP contribution in [0.2, 0.25) is 0 Å². The van der Waals surface area contributed by atoms with Crippen molar-refractivity contribution in [2.75, 3.05) is 12.4 Å². The van der Waals surface area contributed by atoms with Gasteiger partial charge < -0.3 is 4.74 Å². The van der Waals surface area contributed by atoms with Gasteiger partial charge in [0.25, 0.3) is 0 Å². The van der Waals surface area contributed by atoms with E-state index in [4.69, 9.17) is 4.74 Å². The maximum absolute atomic E-state index is 5.83. The van der Waals surface area contributed by atoms with E-state index in [9.17, 15) is 0 Å². The molecule has 0 spiro atoms. The van der Waals surface area contributed by atoms with Crippen molar-refractivity contribution in [2.24, 2.45) is 0 Å². The van der Waals surface area contributed by atoms with E-state index in [0.29, 0.717) is 5.25 Å². The molecule has 3 rings (SSSR count). The van der Waals surface area contributed by atoms with Gasteiger partial charge in [0, 0.05) is 5.25 Å². The molecule has 1 fully saturated rings. The summed E-state index contributed by atoms with van der Waals surface area (Å²) in [5.74, 6) is 1.30. The minimum Gasteiger partial charge on any atom is -0.368 e. The zero-order valence-electron chi connectivity index (χ0n) is 8.11. The molecule has 2 heteroatoms. The first-order chi connectivity index (χ1) is 6.95. The second-order valence-electron chi connectivity index (χ2n) is 3.94. The summed E-state index contributed by atoms with van der Waals surface area (Å²) in [6.45, 7) is 0.909. The zero-order chi connectivity index (χ0) is 9.38. The van der Waals surface area contributed by atoms with Crippen molar-refractivity contribution < 1.29 is 4.74 Å². The van der Waals surface area contributed by atoms with Crippen molar-refractivity contribution >= 4 is 11.8 Å². The Labute approximate surface area is 88.9 Å². The average Bonchev–Trinajstić information content (AvgIpc) is 2.29. The van der Waals surface area contributed by atoms with Crippen molar-refractivity contribution in [3.05, 3.63) is 35.5 Å². The van der Waals surface area contributed by atoms with Gasteiger partial charge in [0.2, 0.25) is 0 Å². The Morgan fingerprint density at radius 3 is 3.36 bits per heavy atom. The molecular formula is C12H14OS. The van der Waals surface area contributed by atoms with Gasteiger partial charge in [-0.25, -0.2) is 0 Å². The topological polar surface area (TPSA) is 9.23 Å². The number of allylic oxidation sites excluding steroid dienone is 2. The predicted molar refractivity (Wildman–Crippen MR) is 60.5 cm³/mol. The molecule has 0 aromatic rings. The van der Waals surface area contributed by atoms with Crippen LogP contribution in [0.1, 0.15) is 12.8 Å². The highest BCUT2D eigenvalue weighted by Crippen LogP contribution is 2.38. The fourth-order valence-electron chi connectivity index (χ4n) is 2.38. The van der Waals surface area contributed by atoms with Gasteiger partial charge in [-0.15, -0.1) is 0 Å². The molecule has 1 saturated heterocycles. The van der Waals surface area contributed by atoms with E-state index in [0.717, 1.165) is 6.61 Å². The molecule has 1 aliphatic carbocycles. The molecule has 0 saturated carbocycles. The van der Waals surface area contributed by atoms with E-state index in [1.165, 1.54) is 24.2 Å². The highest BCUT2D eigenvalue weighted by Gasteiger charge is 2.30. The summed E-state index contributed by atoms with van der Waals surface area (Å²) in [4.78, 5) is 0. The molecule has 0 bridgehead atoms. The third kappa shape index (κ3) is 1.37. The normalized spacial score (nSPS) is 35.4. The van der Waals surface area contributed by atoms with E-state index >= 15 is 0 Å². The summed E-state index contributed by atoms with van der Waals surface area (Å²) in [5, 5.41) is 0.645. The monoisotopic (exact) mass is 206 g/mol. The molecule has 0 radical (unpaired) electrons. The molecular weight excluding hydrogens is 192 g/mol. The number of thioether (sulfide) groups is 1. The van der Waals surface area contributed by atoms with E-state index < -0.39 is 0 Å². The Morgan fingerprint density at radius 1 is 1.36 bits per heavy atom. The number of ether oxygens (including phenoxy) is 1. The number of rotatable bonds is 0. The maximum atomic E-state index is 5.83. The smallest absolute Gasteiger partial charge is 0.101 e. The quantitative estimate of drug-likeness (QED) is 0.602. The van der Waals surface area contributed by atoms with Gasteiger partial charge >= 0.3 is 0 Å². The van der Waals surface area contributed by atoms with Crippen LogP contribution in [0.15, 0.2) is 35.5 Å². The van der Waals surface area contributed by atoms with E-state index in [1.54, 1.807) is 5.57 Å². The highest BCUT2D eigenvalue weighted by molar-refractivity contribution is 8.00. The minimum absolute atomic E-state index is 0.255. The van der Waals surface area contributed by atoms with Crippen molar-refractivity contribution in [3.8, 4) is 0 Å². The largest absolute Gasteiger partial charge is 0.368 e. The van der Waals surface area contributed by atoms with Crippen LogP contribution in [-0.4, -0.2) is 23.7 Å². The fourth-order valence-corrected chi connectivity index (χ4v) is 3.60. The third-order valence-corrected chi connectivity index (χ3v) is 4.42. The predicted octanol–water partition coefficient (Wildman–Crippen LogP) is 2.70. The summed E-state index contributed by atoms with van der Waals surface area (Å²) in [6, 6.07) is 0. The summed E-state index contributed by atoms with van der Waals surface area (Å²) in [6.07, 6.45) is 11.5. The molecule has 74 valence electrons. The minimum atomic E-state index is 0.255. The van der Waals surface area contributed by atoms with Crippen LogP contribution in [0.5, 0.6) is 0 Å².